The minimum absolute atomic E-state index is 0.132. The van der Waals surface area contributed by atoms with Gasteiger partial charge in [0.25, 0.3) is 0 Å². The van der Waals surface area contributed by atoms with Crippen LogP contribution in [0.1, 0.15) is 11.1 Å². The Balaban J connectivity index is 1.46. The van der Waals surface area contributed by atoms with Crippen LogP contribution in [0, 0.1) is 6.92 Å². The van der Waals surface area contributed by atoms with Crippen molar-refractivity contribution >= 4 is 46.1 Å². The number of anilines is 1. The first-order valence-corrected chi connectivity index (χ1v) is 10.8. The van der Waals surface area contributed by atoms with Crippen LogP contribution >= 0.6 is 23.4 Å². The molecule has 10 heteroatoms. The molecular formula is C21H19ClN6O2S. The predicted molar refractivity (Wildman–Crippen MR) is 121 cm³/mol. The Morgan fingerprint density at radius 3 is 2.77 bits per heavy atom. The number of nitrogens with one attached hydrogen (secondary N) is 1. The number of nitrogens with zero attached hydrogens (tertiary/aromatic N) is 5. The minimum atomic E-state index is -0.218. The molecule has 4 aromatic rings. The summed E-state index contributed by atoms with van der Waals surface area (Å²) in [6.45, 7) is 2.59. The molecule has 8 nitrogen and oxygen atoms in total. The molecule has 2 aromatic carbocycles. The quantitative estimate of drug-likeness (QED) is 0.333. The number of aromatic nitrogens is 5. The molecule has 0 saturated heterocycles. The van der Waals surface area contributed by atoms with Gasteiger partial charge in [-0.1, -0.05) is 58.4 Å². The number of hydrogen-bond donors (Lipinski definition) is 1. The molecule has 1 N–H and O–H groups in total. The lowest BCUT2D eigenvalue weighted by Crippen LogP contribution is -2.15. The molecule has 0 bridgehead atoms. The average molecular weight is 455 g/mol. The van der Waals surface area contributed by atoms with Gasteiger partial charge in [0.05, 0.1) is 25.1 Å². The van der Waals surface area contributed by atoms with E-state index in [0.717, 1.165) is 5.56 Å². The van der Waals surface area contributed by atoms with Gasteiger partial charge >= 0.3 is 0 Å². The van der Waals surface area contributed by atoms with Crippen LogP contribution in [0.15, 0.2) is 53.8 Å². The van der Waals surface area contributed by atoms with Crippen LogP contribution in [-0.2, 0) is 11.3 Å². The molecule has 31 heavy (non-hydrogen) atoms. The number of carbonyl (C=O) groups excluding carboxylic acids is 1. The smallest absolute Gasteiger partial charge is 0.234 e. The second-order valence-corrected chi connectivity index (χ2v) is 8.17. The van der Waals surface area contributed by atoms with E-state index in [1.165, 1.54) is 30.8 Å². The maximum Gasteiger partial charge on any atom is 0.234 e. The van der Waals surface area contributed by atoms with E-state index >= 15 is 0 Å². The topological polar surface area (TPSA) is 94.8 Å². The van der Waals surface area contributed by atoms with E-state index in [0.29, 0.717) is 39.2 Å². The number of ether oxygens (including phenoxy) is 1. The molecule has 0 aliphatic carbocycles. The number of amides is 1. The highest BCUT2D eigenvalue weighted by Gasteiger charge is 2.15. The lowest BCUT2D eigenvalue weighted by molar-refractivity contribution is -0.113. The minimum Gasteiger partial charge on any atom is -0.495 e. The Morgan fingerprint density at radius 2 is 2.00 bits per heavy atom. The van der Waals surface area contributed by atoms with Crippen molar-refractivity contribution in [3.05, 3.63) is 64.9 Å². The highest BCUT2D eigenvalue weighted by atomic mass is 35.5. The SMILES string of the molecule is COc1ccc(Cl)cc1NC(=O)CSc1ncnc2c1nnn2Cc1ccc(C)cc1. The van der Waals surface area contributed by atoms with Crippen molar-refractivity contribution in [2.45, 2.75) is 18.5 Å². The molecule has 0 atom stereocenters. The number of benzene rings is 2. The van der Waals surface area contributed by atoms with E-state index in [4.69, 9.17) is 16.3 Å². The van der Waals surface area contributed by atoms with Crippen LogP contribution in [-0.4, -0.2) is 43.7 Å². The first-order valence-electron chi connectivity index (χ1n) is 9.39. The average Bonchev–Trinajstić information content (AvgIpc) is 3.17. The van der Waals surface area contributed by atoms with Crippen molar-refractivity contribution in [1.82, 2.24) is 25.0 Å². The number of hydrogen-bond acceptors (Lipinski definition) is 7. The van der Waals surface area contributed by atoms with Crippen LogP contribution in [0.25, 0.3) is 11.2 Å². The molecule has 2 aromatic heterocycles. The molecule has 0 radical (unpaired) electrons. The molecular weight excluding hydrogens is 436 g/mol. The summed E-state index contributed by atoms with van der Waals surface area (Å²) in [5, 5.41) is 12.4. The summed E-state index contributed by atoms with van der Waals surface area (Å²) in [7, 11) is 1.53. The number of thioether (sulfide) groups is 1. The van der Waals surface area contributed by atoms with E-state index in [1.54, 1.807) is 22.9 Å². The zero-order valence-electron chi connectivity index (χ0n) is 16.9. The summed E-state index contributed by atoms with van der Waals surface area (Å²) in [6, 6.07) is 13.2. The van der Waals surface area contributed by atoms with E-state index in [2.05, 4.69) is 37.7 Å². The van der Waals surface area contributed by atoms with Gasteiger partial charge in [0.2, 0.25) is 5.91 Å². The second kappa shape index (κ2) is 9.32. The largest absolute Gasteiger partial charge is 0.495 e. The lowest BCUT2D eigenvalue weighted by atomic mass is 10.1. The van der Waals surface area contributed by atoms with Gasteiger partial charge in [0.1, 0.15) is 17.1 Å². The number of halogens is 1. The zero-order chi connectivity index (χ0) is 21.8. The van der Waals surface area contributed by atoms with Crippen LogP contribution < -0.4 is 10.1 Å². The van der Waals surface area contributed by atoms with Crippen LogP contribution in [0.2, 0.25) is 5.02 Å². The van der Waals surface area contributed by atoms with Gasteiger partial charge in [0, 0.05) is 5.02 Å². The van der Waals surface area contributed by atoms with Gasteiger partial charge in [-0.2, -0.15) is 0 Å². The molecule has 0 fully saturated rings. The highest BCUT2D eigenvalue weighted by molar-refractivity contribution is 8.00. The van der Waals surface area contributed by atoms with E-state index in [1.807, 2.05) is 19.1 Å². The van der Waals surface area contributed by atoms with Crippen molar-refractivity contribution in [1.29, 1.82) is 0 Å². The Kier molecular flexibility index (Phi) is 6.34. The molecule has 1 amide bonds. The molecule has 0 saturated carbocycles. The summed E-state index contributed by atoms with van der Waals surface area (Å²) < 4.78 is 6.98. The fourth-order valence-corrected chi connectivity index (χ4v) is 3.85. The molecule has 2 heterocycles. The number of carbonyl (C=O) groups is 1. The van der Waals surface area contributed by atoms with Crippen LogP contribution in [0.5, 0.6) is 5.75 Å². The van der Waals surface area contributed by atoms with Crippen molar-refractivity contribution in [2.24, 2.45) is 0 Å². The van der Waals surface area contributed by atoms with Crippen LogP contribution in [0.3, 0.4) is 0 Å². The zero-order valence-corrected chi connectivity index (χ0v) is 18.4. The number of fused-ring (bicyclic) bond motifs is 1. The highest BCUT2D eigenvalue weighted by Crippen LogP contribution is 2.28. The first kappa shape index (κ1) is 21.1. The Hall–Kier alpha value is -3.17. The summed E-state index contributed by atoms with van der Waals surface area (Å²) in [5.41, 5.74) is 3.99. The third kappa shape index (κ3) is 4.95. The Labute approximate surface area is 188 Å². The lowest BCUT2D eigenvalue weighted by Gasteiger charge is -2.10. The van der Waals surface area contributed by atoms with Gasteiger partial charge in [-0.05, 0) is 30.7 Å². The van der Waals surface area contributed by atoms with Crippen molar-refractivity contribution < 1.29 is 9.53 Å². The molecule has 158 valence electrons. The third-order valence-electron chi connectivity index (χ3n) is 4.50. The van der Waals surface area contributed by atoms with E-state index < -0.39 is 0 Å². The first-order chi connectivity index (χ1) is 15.0. The van der Waals surface area contributed by atoms with Gasteiger partial charge in [0.15, 0.2) is 11.2 Å². The van der Waals surface area contributed by atoms with Gasteiger partial charge in [-0.15, -0.1) is 5.10 Å². The third-order valence-corrected chi connectivity index (χ3v) is 5.71. The van der Waals surface area contributed by atoms with Gasteiger partial charge < -0.3 is 10.1 Å². The molecule has 0 aliphatic heterocycles. The maximum absolute atomic E-state index is 12.5. The number of aryl methyl sites for hydroxylation is 1. The molecule has 0 spiro atoms. The monoisotopic (exact) mass is 454 g/mol. The fraction of sp³-hybridized carbons (Fsp3) is 0.190. The normalized spacial score (nSPS) is 10.9. The summed E-state index contributed by atoms with van der Waals surface area (Å²) in [4.78, 5) is 21.1. The fourth-order valence-electron chi connectivity index (χ4n) is 2.95. The van der Waals surface area contributed by atoms with Crippen molar-refractivity contribution in [3.8, 4) is 5.75 Å². The van der Waals surface area contributed by atoms with Crippen molar-refractivity contribution in [3.63, 3.8) is 0 Å². The standard InChI is InChI=1S/C21H19ClN6O2S/c1-13-3-5-14(6-4-13)10-28-20-19(26-27-28)21(24-12-23-20)31-11-18(29)25-16-9-15(22)7-8-17(16)30-2/h3-9,12H,10-11H2,1-2H3,(H,25,29). The molecule has 0 aliphatic rings. The van der Waals surface area contributed by atoms with Crippen molar-refractivity contribution in [2.75, 3.05) is 18.2 Å². The van der Waals surface area contributed by atoms with E-state index in [-0.39, 0.29) is 11.7 Å². The summed E-state index contributed by atoms with van der Waals surface area (Å²) >= 11 is 7.28. The van der Waals surface area contributed by atoms with E-state index in [9.17, 15) is 4.79 Å². The number of rotatable bonds is 7. The summed E-state index contributed by atoms with van der Waals surface area (Å²) in [5.74, 6) is 0.447. The Morgan fingerprint density at radius 1 is 1.19 bits per heavy atom. The summed E-state index contributed by atoms with van der Waals surface area (Å²) in [6.07, 6.45) is 1.46. The van der Waals surface area contributed by atoms with Gasteiger partial charge in [-0.3, -0.25) is 4.79 Å². The second-order valence-electron chi connectivity index (χ2n) is 6.77. The molecule has 0 unspecified atom stereocenters. The number of methoxy groups -OCH3 is 1. The predicted octanol–water partition coefficient (Wildman–Crippen LogP) is 3.97. The molecule has 4 rings (SSSR count). The maximum atomic E-state index is 12.5. The Bertz CT molecular complexity index is 1230. The van der Waals surface area contributed by atoms with Crippen LogP contribution in [0.4, 0.5) is 5.69 Å². The van der Waals surface area contributed by atoms with Gasteiger partial charge in [-0.25, -0.2) is 14.6 Å².